The molecule has 1 aromatic heterocycles. The zero-order valence-electron chi connectivity index (χ0n) is 21.6. The molecule has 2 heterocycles. The van der Waals surface area contributed by atoms with Crippen LogP contribution in [0.25, 0.3) is 5.57 Å². The Kier molecular flexibility index (Phi) is 9.25. The van der Waals surface area contributed by atoms with Gasteiger partial charge in [-0.25, -0.2) is 14.8 Å². The minimum Gasteiger partial charge on any atom is -0.493 e. The first kappa shape index (κ1) is 27.3. The summed E-state index contributed by atoms with van der Waals surface area (Å²) in [6.07, 6.45) is 7.84. The average Bonchev–Trinajstić information content (AvgIpc) is 2.99. The molecule has 0 radical (unpaired) electrons. The number of hydrogen-bond acceptors (Lipinski definition) is 8. The van der Waals surface area contributed by atoms with E-state index in [1.165, 1.54) is 31.6 Å². The van der Waals surface area contributed by atoms with Crippen LogP contribution in [0.5, 0.6) is 11.5 Å². The van der Waals surface area contributed by atoms with Gasteiger partial charge >= 0.3 is 6.09 Å². The molecule has 2 N–H and O–H groups in total. The summed E-state index contributed by atoms with van der Waals surface area (Å²) in [5.74, 6) is 0.246. The van der Waals surface area contributed by atoms with Gasteiger partial charge in [0.2, 0.25) is 0 Å². The lowest BCUT2D eigenvalue weighted by atomic mass is 9.95. The molecule has 39 heavy (non-hydrogen) atoms. The van der Waals surface area contributed by atoms with Crippen LogP contribution >= 0.6 is 0 Å². The lowest BCUT2D eigenvalue weighted by Crippen LogP contribution is -2.45. The number of amides is 2. The highest BCUT2D eigenvalue weighted by molar-refractivity contribution is 6.04. The van der Waals surface area contributed by atoms with Crippen LogP contribution in [0.4, 0.5) is 10.5 Å². The van der Waals surface area contributed by atoms with E-state index < -0.39 is 18.0 Å². The normalized spacial score (nSPS) is 14.7. The Morgan fingerprint density at radius 1 is 1.18 bits per heavy atom. The molecule has 10 heteroatoms. The summed E-state index contributed by atoms with van der Waals surface area (Å²) in [7, 11) is 1.47. The van der Waals surface area contributed by atoms with Crippen molar-refractivity contribution in [3.05, 3.63) is 96.6 Å². The highest BCUT2D eigenvalue weighted by Gasteiger charge is 2.31. The molecule has 10 nitrogen and oxygen atoms in total. The quantitative estimate of drug-likeness (QED) is 0.376. The van der Waals surface area contributed by atoms with Gasteiger partial charge in [0.05, 0.1) is 31.0 Å². The number of ether oxygens (including phenoxy) is 3. The highest BCUT2D eigenvalue weighted by Crippen LogP contribution is 2.36. The first-order valence-corrected chi connectivity index (χ1v) is 12.3. The number of nitrogens with one attached hydrogen (secondary N) is 1. The van der Waals surface area contributed by atoms with Crippen LogP contribution in [0.15, 0.2) is 79.9 Å². The molecule has 0 bridgehead atoms. The van der Waals surface area contributed by atoms with Crippen molar-refractivity contribution in [3.8, 4) is 11.5 Å². The Morgan fingerprint density at radius 3 is 2.64 bits per heavy atom. The van der Waals surface area contributed by atoms with E-state index in [-0.39, 0.29) is 37.6 Å². The summed E-state index contributed by atoms with van der Waals surface area (Å²) in [6, 6.07) is 12.1. The fourth-order valence-electron chi connectivity index (χ4n) is 4.20. The number of aliphatic hydroxyl groups is 1. The van der Waals surface area contributed by atoms with Crippen LogP contribution in [0.1, 0.15) is 27.9 Å². The molecule has 0 saturated carbocycles. The van der Waals surface area contributed by atoms with Gasteiger partial charge in [-0.15, -0.1) is 0 Å². The second-order valence-electron chi connectivity index (χ2n) is 8.69. The third-order valence-electron chi connectivity index (χ3n) is 6.17. The molecule has 0 aliphatic carbocycles. The van der Waals surface area contributed by atoms with Crippen LogP contribution in [0.3, 0.4) is 0 Å². The topological polar surface area (TPSA) is 123 Å². The molecule has 0 saturated heterocycles. The Labute approximate surface area is 226 Å². The first-order chi connectivity index (χ1) is 19.0. The highest BCUT2D eigenvalue weighted by atomic mass is 16.5. The molecule has 0 unspecified atom stereocenters. The van der Waals surface area contributed by atoms with E-state index in [4.69, 9.17) is 14.2 Å². The smallest absolute Gasteiger partial charge is 0.411 e. The van der Waals surface area contributed by atoms with Gasteiger partial charge in [0, 0.05) is 30.6 Å². The van der Waals surface area contributed by atoms with Gasteiger partial charge in [0.25, 0.3) is 5.91 Å². The number of hydrogen-bond donors (Lipinski definition) is 2. The average molecular weight is 531 g/mol. The predicted molar refractivity (Wildman–Crippen MR) is 145 cm³/mol. The maximum absolute atomic E-state index is 13.8. The Morgan fingerprint density at radius 2 is 1.95 bits per heavy atom. The third kappa shape index (κ3) is 6.79. The number of methoxy groups -OCH3 is 1. The van der Waals surface area contributed by atoms with Gasteiger partial charge in [-0.3, -0.25) is 10.1 Å². The van der Waals surface area contributed by atoms with Crippen molar-refractivity contribution in [3.63, 3.8) is 0 Å². The second kappa shape index (κ2) is 13.2. The molecule has 1 atom stereocenters. The number of aromatic nitrogens is 2. The number of carbonyl (C=O) groups is 2. The standard InChI is InChI=1S/C29H30N4O6/c1-3-11-38-29(36)32-25-14-27(39-18-20-7-5-4-6-8-20)26(37-2)13-24(25)28(35)33-10-9-21(12-23(33)17-34)22-15-30-19-31-16-22/h3-9,13-16,19,23,34H,1,10-12,17-18H2,2H3,(H,32,36)/t23-/m0/s1. The van der Waals surface area contributed by atoms with Crippen molar-refractivity contribution in [2.24, 2.45) is 0 Å². The van der Waals surface area contributed by atoms with Gasteiger partial charge < -0.3 is 24.2 Å². The van der Waals surface area contributed by atoms with Gasteiger partial charge in [-0.05, 0) is 23.6 Å². The number of carbonyl (C=O) groups excluding carboxylic acids is 2. The number of rotatable bonds is 10. The lowest BCUT2D eigenvalue weighted by Gasteiger charge is -2.35. The maximum Gasteiger partial charge on any atom is 0.411 e. The summed E-state index contributed by atoms with van der Waals surface area (Å²) >= 11 is 0. The molecule has 3 aromatic rings. The largest absolute Gasteiger partial charge is 0.493 e. The zero-order chi connectivity index (χ0) is 27.6. The molecule has 0 fully saturated rings. The maximum atomic E-state index is 13.8. The van der Waals surface area contributed by atoms with E-state index in [9.17, 15) is 14.7 Å². The lowest BCUT2D eigenvalue weighted by molar-refractivity contribution is 0.0619. The van der Waals surface area contributed by atoms with E-state index in [0.717, 1.165) is 16.7 Å². The van der Waals surface area contributed by atoms with E-state index in [1.807, 2.05) is 36.4 Å². The monoisotopic (exact) mass is 530 g/mol. The molecule has 0 spiro atoms. The van der Waals surface area contributed by atoms with Crippen molar-refractivity contribution < 1.29 is 28.9 Å². The van der Waals surface area contributed by atoms with E-state index >= 15 is 0 Å². The van der Waals surface area contributed by atoms with Gasteiger partial charge in [-0.1, -0.05) is 49.1 Å². The summed E-state index contributed by atoms with van der Waals surface area (Å²) in [4.78, 5) is 36.0. The van der Waals surface area contributed by atoms with Crippen LogP contribution in [0.2, 0.25) is 0 Å². The Hall–Kier alpha value is -4.70. The van der Waals surface area contributed by atoms with Gasteiger partial charge in [-0.2, -0.15) is 0 Å². The zero-order valence-corrected chi connectivity index (χ0v) is 21.6. The third-order valence-corrected chi connectivity index (χ3v) is 6.17. The SMILES string of the molecule is C=CCOC(=O)Nc1cc(OCc2ccccc2)c(OC)cc1C(=O)N1CC=C(c2cncnc2)C[C@H]1CO. The fourth-order valence-corrected chi connectivity index (χ4v) is 4.20. The van der Waals surface area contributed by atoms with E-state index in [0.29, 0.717) is 17.9 Å². The number of nitrogens with zero attached hydrogens (tertiary/aromatic N) is 3. The predicted octanol–water partition coefficient (Wildman–Crippen LogP) is 4.09. The number of anilines is 1. The molecular weight excluding hydrogens is 500 g/mol. The summed E-state index contributed by atoms with van der Waals surface area (Å²) in [5, 5.41) is 12.8. The minimum absolute atomic E-state index is 0.00187. The van der Waals surface area contributed by atoms with Crippen LogP contribution in [-0.4, -0.2) is 64.9 Å². The molecule has 2 amide bonds. The Balaban J connectivity index is 1.65. The second-order valence-corrected chi connectivity index (χ2v) is 8.69. The first-order valence-electron chi connectivity index (χ1n) is 12.3. The molecule has 1 aliphatic rings. The van der Waals surface area contributed by atoms with Crippen molar-refractivity contribution in [2.45, 2.75) is 19.1 Å². The van der Waals surface area contributed by atoms with E-state index in [1.54, 1.807) is 17.3 Å². The number of aliphatic hydroxyl groups excluding tert-OH is 1. The molecular formula is C29H30N4O6. The summed E-state index contributed by atoms with van der Waals surface area (Å²) in [6.45, 7) is 3.78. The van der Waals surface area contributed by atoms with Gasteiger partial charge in [0.1, 0.15) is 19.5 Å². The van der Waals surface area contributed by atoms with Crippen LogP contribution < -0.4 is 14.8 Å². The molecule has 202 valence electrons. The molecule has 4 rings (SSSR count). The molecule has 1 aliphatic heterocycles. The van der Waals surface area contributed by atoms with Crippen molar-refractivity contribution >= 4 is 23.3 Å². The van der Waals surface area contributed by atoms with E-state index in [2.05, 4.69) is 21.9 Å². The number of benzene rings is 2. The van der Waals surface area contributed by atoms with Crippen LogP contribution in [-0.2, 0) is 11.3 Å². The van der Waals surface area contributed by atoms with Crippen LogP contribution in [0, 0.1) is 0 Å². The summed E-state index contributed by atoms with van der Waals surface area (Å²) < 4.78 is 16.6. The minimum atomic E-state index is -0.758. The van der Waals surface area contributed by atoms with Crippen molar-refractivity contribution in [1.29, 1.82) is 0 Å². The summed E-state index contributed by atoms with van der Waals surface area (Å²) in [5.41, 5.74) is 3.04. The van der Waals surface area contributed by atoms with Crippen molar-refractivity contribution in [1.82, 2.24) is 14.9 Å². The van der Waals surface area contributed by atoms with Gasteiger partial charge in [0.15, 0.2) is 11.5 Å². The molecule has 2 aromatic carbocycles. The fraction of sp³-hybridized carbons (Fsp3) is 0.241. The Bertz CT molecular complexity index is 1330. The van der Waals surface area contributed by atoms with Crippen molar-refractivity contribution in [2.75, 3.05) is 32.2 Å².